The van der Waals surface area contributed by atoms with Gasteiger partial charge in [0, 0.05) is 29.6 Å². The van der Waals surface area contributed by atoms with Crippen molar-refractivity contribution >= 4 is 10.9 Å². The third-order valence-corrected chi connectivity index (χ3v) is 4.15. The van der Waals surface area contributed by atoms with Crippen LogP contribution in [0.2, 0.25) is 0 Å². The van der Waals surface area contributed by atoms with Crippen LogP contribution in [0.25, 0.3) is 10.9 Å². The van der Waals surface area contributed by atoms with Gasteiger partial charge in [0.05, 0.1) is 12.7 Å². The maximum absolute atomic E-state index is 13.0. The van der Waals surface area contributed by atoms with Crippen molar-refractivity contribution in [3.8, 4) is 5.75 Å². The monoisotopic (exact) mass is 334 g/mol. The number of H-pyrrole nitrogens is 1. The number of rotatable bonds is 4. The molecule has 0 aliphatic carbocycles. The standard InChI is InChI=1S/C18H17F3N2O/c1-24-13-5-6-17-14(8-13)16(10-23-17)15(9-22)11-3-2-4-12(7-11)18(19,20)21/h2-8,10,15,23H,9,22H2,1H3/t15-/m0/s1. The van der Waals surface area contributed by atoms with Crippen LogP contribution in [0.4, 0.5) is 13.2 Å². The molecular formula is C18H17F3N2O. The average molecular weight is 334 g/mol. The lowest BCUT2D eigenvalue weighted by Gasteiger charge is -2.17. The summed E-state index contributed by atoms with van der Waals surface area (Å²) in [5.74, 6) is 0.344. The minimum absolute atomic E-state index is 0.200. The minimum atomic E-state index is -4.38. The van der Waals surface area contributed by atoms with E-state index in [1.165, 1.54) is 6.07 Å². The summed E-state index contributed by atoms with van der Waals surface area (Å²) in [6.07, 6.45) is -2.58. The van der Waals surface area contributed by atoms with Crippen LogP contribution in [0.3, 0.4) is 0 Å². The number of fused-ring (bicyclic) bond motifs is 1. The highest BCUT2D eigenvalue weighted by molar-refractivity contribution is 5.85. The van der Waals surface area contributed by atoms with Crippen molar-refractivity contribution in [3.05, 3.63) is 65.4 Å². The normalized spacial score (nSPS) is 13.2. The number of methoxy groups -OCH3 is 1. The zero-order valence-corrected chi connectivity index (χ0v) is 13.0. The van der Waals surface area contributed by atoms with Gasteiger partial charge in [-0.3, -0.25) is 0 Å². The molecule has 1 aromatic heterocycles. The van der Waals surface area contributed by atoms with Gasteiger partial charge in [-0.2, -0.15) is 13.2 Å². The minimum Gasteiger partial charge on any atom is -0.497 e. The van der Waals surface area contributed by atoms with Gasteiger partial charge in [0.2, 0.25) is 0 Å². The number of benzene rings is 2. The zero-order chi connectivity index (χ0) is 17.3. The number of halogens is 3. The summed E-state index contributed by atoms with van der Waals surface area (Å²) in [4.78, 5) is 3.14. The topological polar surface area (TPSA) is 51.0 Å². The van der Waals surface area contributed by atoms with E-state index < -0.39 is 11.7 Å². The summed E-state index contributed by atoms with van der Waals surface area (Å²) in [7, 11) is 1.57. The van der Waals surface area contributed by atoms with Crippen molar-refractivity contribution in [3.63, 3.8) is 0 Å². The van der Waals surface area contributed by atoms with E-state index in [0.29, 0.717) is 11.3 Å². The van der Waals surface area contributed by atoms with Crippen LogP contribution in [-0.2, 0) is 6.18 Å². The zero-order valence-electron chi connectivity index (χ0n) is 13.0. The van der Waals surface area contributed by atoms with Crippen LogP contribution in [0.1, 0.15) is 22.6 Å². The summed E-state index contributed by atoms with van der Waals surface area (Å²) >= 11 is 0. The van der Waals surface area contributed by atoms with Crippen molar-refractivity contribution in [2.24, 2.45) is 5.73 Å². The van der Waals surface area contributed by atoms with E-state index in [2.05, 4.69) is 4.98 Å². The Bertz CT molecular complexity index is 855. The van der Waals surface area contributed by atoms with Gasteiger partial charge >= 0.3 is 6.18 Å². The summed E-state index contributed by atoms with van der Waals surface area (Å²) in [6.45, 7) is 0.200. The fourth-order valence-corrected chi connectivity index (χ4v) is 2.91. The largest absolute Gasteiger partial charge is 0.497 e. The first-order valence-corrected chi connectivity index (χ1v) is 7.46. The number of aromatic amines is 1. The van der Waals surface area contributed by atoms with Crippen LogP contribution in [0, 0.1) is 0 Å². The lowest BCUT2D eigenvalue weighted by molar-refractivity contribution is -0.137. The molecule has 24 heavy (non-hydrogen) atoms. The van der Waals surface area contributed by atoms with E-state index in [9.17, 15) is 13.2 Å². The van der Waals surface area contributed by atoms with Gasteiger partial charge in [-0.25, -0.2) is 0 Å². The van der Waals surface area contributed by atoms with Crippen LogP contribution in [0.15, 0.2) is 48.7 Å². The quantitative estimate of drug-likeness (QED) is 0.748. The third kappa shape index (κ3) is 2.97. The predicted molar refractivity (Wildman–Crippen MR) is 87.2 cm³/mol. The molecule has 3 N–H and O–H groups in total. The first-order valence-electron chi connectivity index (χ1n) is 7.46. The van der Waals surface area contributed by atoms with Crippen molar-refractivity contribution < 1.29 is 17.9 Å². The molecule has 126 valence electrons. The fourth-order valence-electron chi connectivity index (χ4n) is 2.91. The number of aromatic nitrogens is 1. The fraction of sp³-hybridized carbons (Fsp3) is 0.222. The van der Waals surface area contributed by atoms with E-state index in [-0.39, 0.29) is 12.5 Å². The van der Waals surface area contributed by atoms with Crippen molar-refractivity contribution in [2.75, 3.05) is 13.7 Å². The predicted octanol–water partition coefficient (Wildman–Crippen LogP) is 4.29. The Hall–Kier alpha value is -2.47. The molecule has 0 bridgehead atoms. The Labute approximate surface area is 137 Å². The lowest BCUT2D eigenvalue weighted by Crippen LogP contribution is -2.15. The van der Waals surface area contributed by atoms with E-state index in [1.807, 2.05) is 18.2 Å². The van der Waals surface area contributed by atoms with Gasteiger partial charge in [0.15, 0.2) is 0 Å². The highest BCUT2D eigenvalue weighted by Crippen LogP contribution is 2.35. The Morgan fingerprint density at radius 2 is 1.96 bits per heavy atom. The Morgan fingerprint density at radius 3 is 2.62 bits per heavy atom. The van der Waals surface area contributed by atoms with E-state index in [4.69, 9.17) is 10.5 Å². The van der Waals surface area contributed by atoms with Crippen molar-refractivity contribution in [1.82, 2.24) is 4.98 Å². The Morgan fingerprint density at radius 1 is 1.17 bits per heavy atom. The molecule has 3 nitrogen and oxygen atoms in total. The van der Waals surface area contributed by atoms with Crippen molar-refractivity contribution in [1.29, 1.82) is 0 Å². The Balaban J connectivity index is 2.10. The van der Waals surface area contributed by atoms with Gasteiger partial charge in [-0.15, -0.1) is 0 Å². The second-order valence-electron chi connectivity index (χ2n) is 5.57. The van der Waals surface area contributed by atoms with E-state index in [0.717, 1.165) is 28.6 Å². The first kappa shape index (κ1) is 16.4. The second kappa shape index (κ2) is 6.20. The maximum atomic E-state index is 13.0. The SMILES string of the molecule is COc1ccc2[nH]cc([C@@H](CN)c3cccc(C(F)(F)F)c3)c2c1. The summed E-state index contributed by atoms with van der Waals surface area (Å²) in [5, 5.41) is 0.891. The van der Waals surface area contributed by atoms with E-state index >= 15 is 0 Å². The first-order chi connectivity index (χ1) is 11.4. The molecule has 0 fully saturated rings. The molecule has 3 aromatic rings. The number of nitrogens with one attached hydrogen (secondary N) is 1. The molecule has 1 atom stereocenters. The molecule has 0 radical (unpaired) electrons. The molecule has 0 aliphatic heterocycles. The Kier molecular flexibility index (Phi) is 4.24. The maximum Gasteiger partial charge on any atom is 0.416 e. The summed E-state index contributed by atoms with van der Waals surface area (Å²) < 4.78 is 44.2. The summed E-state index contributed by atoms with van der Waals surface area (Å²) in [6, 6.07) is 10.9. The number of hydrogen-bond donors (Lipinski definition) is 2. The number of hydrogen-bond acceptors (Lipinski definition) is 2. The molecule has 0 aliphatic rings. The van der Waals surface area contributed by atoms with Crippen LogP contribution >= 0.6 is 0 Å². The smallest absolute Gasteiger partial charge is 0.416 e. The highest BCUT2D eigenvalue weighted by atomic mass is 19.4. The number of ether oxygens (including phenoxy) is 1. The van der Waals surface area contributed by atoms with Crippen molar-refractivity contribution in [2.45, 2.75) is 12.1 Å². The molecule has 6 heteroatoms. The molecule has 3 rings (SSSR count). The second-order valence-corrected chi connectivity index (χ2v) is 5.57. The highest BCUT2D eigenvalue weighted by Gasteiger charge is 2.31. The van der Waals surface area contributed by atoms with Gasteiger partial charge in [0.1, 0.15) is 5.75 Å². The number of nitrogens with two attached hydrogens (primary N) is 1. The third-order valence-electron chi connectivity index (χ3n) is 4.15. The van der Waals surface area contributed by atoms with Gasteiger partial charge < -0.3 is 15.5 Å². The van der Waals surface area contributed by atoms with E-state index in [1.54, 1.807) is 19.4 Å². The molecule has 0 saturated heterocycles. The molecule has 0 unspecified atom stereocenters. The number of alkyl halides is 3. The molecule has 0 saturated carbocycles. The van der Waals surface area contributed by atoms with Crippen LogP contribution in [-0.4, -0.2) is 18.6 Å². The molecule has 0 amide bonds. The van der Waals surface area contributed by atoms with Crippen LogP contribution in [0.5, 0.6) is 5.75 Å². The van der Waals surface area contributed by atoms with Crippen LogP contribution < -0.4 is 10.5 Å². The summed E-state index contributed by atoms with van der Waals surface area (Å²) in [5.41, 5.74) is 7.50. The van der Waals surface area contributed by atoms with Gasteiger partial charge in [-0.1, -0.05) is 18.2 Å². The molecule has 1 heterocycles. The molecular weight excluding hydrogens is 317 g/mol. The lowest BCUT2D eigenvalue weighted by atomic mass is 9.90. The molecule has 2 aromatic carbocycles. The molecule has 0 spiro atoms. The van der Waals surface area contributed by atoms with Gasteiger partial charge in [0.25, 0.3) is 0 Å². The average Bonchev–Trinajstić information content (AvgIpc) is 2.98. The van der Waals surface area contributed by atoms with Gasteiger partial charge in [-0.05, 0) is 35.4 Å².